The van der Waals surface area contributed by atoms with Crippen molar-refractivity contribution in [1.29, 1.82) is 0 Å². The summed E-state index contributed by atoms with van der Waals surface area (Å²) in [5, 5.41) is 12.4. The van der Waals surface area contributed by atoms with Crippen LogP contribution in [0.15, 0.2) is 48.5 Å². The molecular weight excluding hydrogens is 434 g/mol. The monoisotopic (exact) mass is 465 g/mol. The third-order valence-electron chi connectivity index (χ3n) is 7.49. The summed E-state index contributed by atoms with van der Waals surface area (Å²) < 4.78 is 17.7. The Morgan fingerprint density at radius 1 is 1.06 bits per heavy atom. The van der Waals surface area contributed by atoms with E-state index in [-0.39, 0.29) is 12.5 Å². The number of ether oxygens (including phenoxy) is 3. The van der Waals surface area contributed by atoms with Crippen LogP contribution in [-0.4, -0.2) is 48.3 Å². The fourth-order valence-corrected chi connectivity index (χ4v) is 5.59. The van der Waals surface area contributed by atoms with Crippen molar-refractivity contribution in [2.75, 3.05) is 13.2 Å². The van der Waals surface area contributed by atoms with Crippen molar-refractivity contribution in [3.8, 4) is 11.1 Å². The number of fused-ring (bicyclic) bond motifs is 3. The highest BCUT2D eigenvalue weighted by atomic mass is 16.7. The number of amides is 1. The molecule has 1 amide bonds. The van der Waals surface area contributed by atoms with Crippen molar-refractivity contribution in [2.24, 2.45) is 5.92 Å². The average Bonchev–Trinajstić information content (AvgIpc) is 3.40. The minimum Gasteiger partial charge on any atom is -0.480 e. The van der Waals surface area contributed by atoms with E-state index in [1.807, 2.05) is 36.4 Å². The number of carboxylic acid groups (broad SMARTS) is 1. The molecule has 7 heteroatoms. The van der Waals surface area contributed by atoms with Gasteiger partial charge in [-0.25, -0.2) is 9.59 Å². The number of benzene rings is 2. The van der Waals surface area contributed by atoms with Gasteiger partial charge in [0.05, 0.1) is 12.7 Å². The van der Waals surface area contributed by atoms with Gasteiger partial charge in [0.25, 0.3) is 0 Å². The second-order valence-electron chi connectivity index (χ2n) is 9.58. The molecule has 0 unspecified atom stereocenters. The number of aliphatic carboxylic acids is 1. The Morgan fingerprint density at radius 3 is 2.29 bits per heavy atom. The van der Waals surface area contributed by atoms with Gasteiger partial charge < -0.3 is 24.6 Å². The van der Waals surface area contributed by atoms with Crippen LogP contribution >= 0.6 is 0 Å². The lowest BCUT2D eigenvalue weighted by atomic mass is 9.93. The van der Waals surface area contributed by atoms with Crippen molar-refractivity contribution in [2.45, 2.75) is 62.9 Å². The standard InChI is InChI=1S/C27H31NO6/c1-17(23-16-33-27(34-23)13-7-2-8-14-27)24(25(29)30)28-26(31)32-15-22-20-11-5-3-9-18(20)19-10-4-6-12-21(19)22/h3-6,9-12,17,22-24H,2,7-8,13-16H2,1H3,(H,28,31)(H,29,30)/t17-,23-,24-/m0/s1. The first kappa shape index (κ1) is 22.9. The van der Waals surface area contributed by atoms with Crippen LogP contribution < -0.4 is 5.32 Å². The van der Waals surface area contributed by atoms with E-state index in [1.165, 1.54) is 0 Å². The van der Waals surface area contributed by atoms with Crippen LogP contribution in [0.2, 0.25) is 0 Å². The van der Waals surface area contributed by atoms with Gasteiger partial charge in [-0.1, -0.05) is 61.9 Å². The molecule has 0 radical (unpaired) electrons. The topological polar surface area (TPSA) is 94.1 Å². The number of carboxylic acids is 1. The molecule has 3 atom stereocenters. The maximum Gasteiger partial charge on any atom is 0.407 e. The van der Waals surface area contributed by atoms with Gasteiger partial charge in [-0.05, 0) is 35.1 Å². The Balaban J connectivity index is 1.22. The van der Waals surface area contributed by atoms with Crippen LogP contribution in [0.1, 0.15) is 56.1 Å². The second kappa shape index (κ2) is 9.39. The molecule has 2 N–H and O–H groups in total. The number of hydrogen-bond donors (Lipinski definition) is 2. The average molecular weight is 466 g/mol. The number of rotatable bonds is 6. The minimum absolute atomic E-state index is 0.0865. The molecule has 180 valence electrons. The van der Waals surface area contributed by atoms with E-state index in [1.54, 1.807) is 6.92 Å². The SMILES string of the molecule is C[C@@H]([C@@H]1COC2(CCCCC2)O1)[C@H](NC(=O)OCC1c2ccccc2-c2ccccc21)C(=O)O. The number of carbonyl (C=O) groups is 2. The van der Waals surface area contributed by atoms with Crippen molar-refractivity contribution in [1.82, 2.24) is 5.32 Å². The molecule has 2 aromatic rings. The molecule has 1 spiro atoms. The first-order valence-corrected chi connectivity index (χ1v) is 12.1. The van der Waals surface area contributed by atoms with Crippen molar-refractivity contribution >= 4 is 12.1 Å². The lowest BCUT2D eigenvalue weighted by Crippen LogP contribution is -2.49. The van der Waals surface area contributed by atoms with Crippen molar-refractivity contribution in [3.05, 3.63) is 59.7 Å². The molecule has 2 fully saturated rings. The Bertz CT molecular complexity index is 1020. The molecule has 2 aromatic carbocycles. The van der Waals surface area contributed by atoms with Gasteiger partial charge in [0.1, 0.15) is 12.6 Å². The number of nitrogens with one attached hydrogen (secondary N) is 1. The van der Waals surface area contributed by atoms with Crippen LogP contribution in [0.5, 0.6) is 0 Å². The third kappa shape index (κ3) is 4.30. The first-order valence-electron chi connectivity index (χ1n) is 12.1. The van der Waals surface area contributed by atoms with E-state index in [0.717, 1.165) is 54.4 Å². The number of hydrogen-bond acceptors (Lipinski definition) is 5. The fraction of sp³-hybridized carbons (Fsp3) is 0.481. The van der Waals surface area contributed by atoms with Crippen LogP contribution in [-0.2, 0) is 19.0 Å². The van der Waals surface area contributed by atoms with E-state index in [2.05, 4.69) is 17.4 Å². The van der Waals surface area contributed by atoms with E-state index >= 15 is 0 Å². The summed E-state index contributed by atoms with van der Waals surface area (Å²) >= 11 is 0. The van der Waals surface area contributed by atoms with E-state index in [9.17, 15) is 14.7 Å². The minimum atomic E-state index is -1.14. The Hall–Kier alpha value is -2.90. The molecule has 1 saturated carbocycles. The molecule has 3 aliphatic rings. The molecule has 1 aliphatic heterocycles. The Kier molecular flexibility index (Phi) is 6.32. The summed E-state index contributed by atoms with van der Waals surface area (Å²) in [4.78, 5) is 24.7. The highest BCUT2D eigenvalue weighted by Crippen LogP contribution is 2.44. The fourth-order valence-electron chi connectivity index (χ4n) is 5.59. The molecule has 0 aromatic heterocycles. The van der Waals surface area contributed by atoms with Gasteiger partial charge in [-0.2, -0.15) is 0 Å². The predicted molar refractivity (Wildman–Crippen MR) is 125 cm³/mol. The van der Waals surface area contributed by atoms with E-state index < -0.39 is 35.9 Å². The maximum atomic E-state index is 12.7. The van der Waals surface area contributed by atoms with Crippen LogP contribution in [0.4, 0.5) is 4.79 Å². The summed E-state index contributed by atoms with van der Waals surface area (Å²) in [7, 11) is 0. The summed E-state index contributed by atoms with van der Waals surface area (Å²) in [6.45, 7) is 2.24. The molecule has 5 rings (SSSR count). The molecule has 1 saturated heterocycles. The van der Waals surface area contributed by atoms with Crippen molar-refractivity contribution < 1.29 is 28.9 Å². The first-order chi connectivity index (χ1) is 16.5. The molecule has 7 nitrogen and oxygen atoms in total. The molecule has 1 heterocycles. The molecule has 2 aliphatic carbocycles. The van der Waals surface area contributed by atoms with Gasteiger partial charge in [0.2, 0.25) is 0 Å². The van der Waals surface area contributed by atoms with Crippen molar-refractivity contribution in [3.63, 3.8) is 0 Å². The largest absolute Gasteiger partial charge is 0.480 e. The lowest BCUT2D eigenvalue weighted by molar-refractivity contribution is -0.192. The second-order valence-corrected chi connectivity index (χ2v) is 9.58. The predicted octanol–water partition coefficient (Wildman–Crippen LogP) is 4.69. The molecule has 34 heavy (non-hydrogen) atoms. The van der Waals surface area contributed by atoms with Gasteiger partial charge in [-0.3, -0.25) is 0 Å². The molecular formula is C27H31NO6. The van der Waals surface area contributed by atoms with E-state index in [4.69, 9.17) is 14.2 Å². The maximum absolute atomic E-state index is 12.7. The summed E-state index contributed by atoms with van der Waals surface area (Å²) in [5.74, 6) is -2.27. The lowest BCUT2D eigenvalue weighted by Gasteiger charge is -2.33. The molecule has 0 bridgehead atoms. The highest BCUT2D eigenvalue weighted by molar-refractivity contribution is 5.81. The van der Waals surface area contributed by atoms with Crippen LogP contribution in [0.25, 0.3) is 11.1 Å². The summed E-state index contributed by atoms with van der Waals surface area (Å²) in [6.07, 6.45) is 3.76. The summed E-state index contributed by atoms with van der Waals surface area (Å²) in [5.41, 5.74) is 4.49. The zero-order valence-corrected chi connectivity index (χ0v) is 19.4. The van der Waals surface area contributed by atoms with E-state index in [0.29, 0.717) is 6.61 Å². The van der Waals surface area contributed by atoms with Crippen LogP contribution in [0, 0.1) is 5.92 Å². The van der Waals surface area contributed by atoms with Gasteiger partial charge in [0.15, 0.2) is 5.79 Å². The highest BCUT2D eigenvalue weighted by Gasteiger charge is 2.46. The van der Waals surface area contributed by atoms with Gasteiger partial charge >= 0.3 is 12.1 Å². The number of alkyl carbamates (subject to hydrolysis) is 1. The smallest absolute Gasteiger partial charge is 0.407 e. The zero-order valence-electron chi connectivity index (χ0n) is 19.4. The Labute approximate surface area is 199 Å². The van der Waals surface area contributed by atoms with Gasteiger partial charge in [0, 0.05) is 24.7 Å². The van der Waals surface area contributed by atoms with Gasteiger partial charge in [-0.15, -0.1) is 0 Å². The quantitative estimate of drug-likeness (QED) is 0.643. The zero-order chi connectivity index (χ0) is 23.7. The Morgan fingerprint density at radius 2 is 1.68 bits per heavy atom. The normalized spacial score (nSPS) is 22.6. The third-order valence-corrected chi connectivity index (χ3v) is 7.49. The summed E-state index contributed by atoms with van der Waals surface area (Å²) in [6, 6.07) is 15.0. The van der Waals surface area contributed by atoms with Crippen LogP contribution in [0.3, 0.4) is 0 Å². The number of carbonyl (C=O) groups excluding carboxylic acids is 1.